The Kier molecular flexibility index (Phi) is 5.78. The van der Waals surface area contributed by atoms with Crippen LogP contribution in [0.3, 0.4) is 0 Å². The summed E-state index contributed by atoms with van der Waals surface area (Å²) in [5.74, 6) is 0.742. The number of ether oxygens (including phenoxy) is 2. The molecule has 2 aromatic rings. The zero-order valence-corrected chi connectivity index (χ0v) is 18.2. The van der Waals surface area contributed by atoms with Gasteiger partial charge >= 0.3 is 0 Å². The molecule has 1 heterocycles. The van der Waals surface area contributed by atoms with Crippen LogP contribution < -0.4 is 19.6 Å². The minimum absolute atomic E-state index is 0.0429. The van der Waals surface area contributed by atoms with Gasteiger partial charge < -0.3 is 9.47 Å². The molecule has 0 bridgehead atoms. The molecule has 0 saturated heterocycles. The van der Waals surface area contributed by atoms with E-state index in [1.54, 1.807) is 32.2 Å². The highest BCUT2D eigenvalue weighted by molar-refractivity contribution is 9.10. The van der Waals surface area contributed by atoms with Gasteiger partial charge in [-0.15, -0.1) is 0 Å². The van der Waals surface area contributed by atoms with Gasteiger partial charge in [0.1, 0.15) is 0 Å². The van der Waals surface area contributed by atoms with Gasteiger partial charge in [-0.2, -0.15) is 10.1 Å². The Hall–Kier alpha value is -2.69. The van der Waals surface area contributed by atoms with Gasteiger partial charge in [-0.05, 0) is 55.0 Å². The van der Waals surface area contributed by atoms with Crippen LogP contribution in [-0.2, 0) is 14.8 Å². The molecule has 0 unspecified atom stereocenters. The van der Waals surface area contributed by atoms with Crippen LogP contribution in [0.4, 0.5) is 5.69 Å². The van der Waals surface area contributed by atoms with Crippen molar-refractivity contribution in [2.45, 2.75) is 11.8 Å². The average Bonchev–Trinajstić information content (AvgIpc) is 2.96. The van der Waals surface area contributed by atoms with Crippen LogP contribution in [0.2, 0.25) is 0 Å². The maximum atomic E-state index is 12.9. The fourth-order valence-electron chi connectivity index (χ4n) is 2.77. The Morgan fingerprint density at radius 1 is 1.10 bits per heavy atom. The first-order valence-electron chi connectivity index (χ1n) is 8.32. The van der Waals surface area contributed by atoms with E-state index in [2.05, 4.69) is 21.0 Å². The standard InChI is InChI=1S/C19H18BrN3O5S/c1-11-15(8-12-9-17(27-2)18(28-3)10-16(12)20)19(24)23(22-11)13-4-6-14(7-5-13)29(21,25)26/h4-10H,1-3H3,(H2,21,25,26)/b15-8-. The molecule has 1 aliphatic rings. The molecule has 0 fully saturated rings. The Balaban J connectivity index is 1.96. The third-order valence-corrected chi connectivity index (χ3v) is 5.89. The number of primary sulfonamides is 1. The first kappa shape index (κ1) is 21.0. The van der Waals surface area contributed by atoms with Crippen molar-refractivity contribution in [3.05, 3.63) is 52.0 Å². The molecule has 10 heteroatoms. The quantitative estimate of drug-likeness (QED) is 0.662. The lowest BCUT2D eigenvalue weighted by Crippen LogP contribution is -2.21. The number of halogens is 1. The molecule has 0 spiro atoms. The second kappa shape index (κ2) is 7.97. The highest BCUT2D eigenvalue weighted by atomic mass is 79.9. The summed E-state index contributed by atoms with van der Waals surface area (Å²) in [6, 6.07) is 9.11. The lowest BCUT2D eigenvalue weighted by molar-refractivity contribution is -0.114. The van der Waals surface area contributed by atoms with Gasteiger partial charge in [0.2, 0.25) is 10.0 Å². The number of carbonyl (C=O) groups excluding carboxylic acids is 1. The number of nitrogens with two attached hydrogens (primary N) is 1. The lowest BCUT2D eigenvalue weighted by atomic mass is 10.1. The minimum atomic E-state index is -3.81. The lowest BCUT2D eigenvalue weighted by Gasteiger charge is -2.12. The number of rotatable bonds is 5. The maximum absolute atomic E-state index is 12.9. The smallest absolute Gasteiger partial charge is 0.280 e. The molecule has 0 radical (unpaired) electrons. The van der Waals surface area contributed by atoms with Gasteiger partial charge in [-0.25, -0.2) is 13.6 Å². The minimum Gasteiger partial charge on any atom is -0.493 e. The Morgan fingerprint density at radius 2 is 1.69 bits per heavy atom. The number of hydrazone groups is 1. The molecule has 1 aliphatic heterocycles. The molecule has 0 saturated carbocycles. The summed E-state index contributed by atoms with van der Waals surface area (Å²) in [7, 11) is -0.743. The number of nitrogens with zero attached hydrogens (tertiary/aromatic N) is 2. The van der Waals surface area contributed by atoms with E-state index in [1.165, 1.54) is 36.4 Å². The maximum Gasteiger partial charge on any atom is 0.280 e. The number of sulfonamides is 1. The van der Waals surface area contributed by atoms with Crippen LogP contribution in [0, 0.1) is 0 Å². The number of anilines is 1. The summed E-state index contributed by atoms with van der Waals surface area (Å²) >= 11 is 3.47. The fraction of sp³-hybridized carbons (Fsp3) is 0.158. The number of benzene rings is 2. The van der Waals surface area contributed by atoms with Crippen molar-refractivity contribution in [1.82, 2.24) is 0 Å². The van der Waals surface area contributed by atoms with Crippen LogP contribution in [0.1, 0.15) is 12.5 Å². The van der Waals surface area contributed by atoms with E-state index >= 15 is 0 Å². The zero-order chi connectivity index (χ0) is 21.3. The predicted molar refractivity (Wildman–Crippen MR) is 114 cm³/mol. The van der Waals surface area contributed by atoms with Crippen molar-refractivity contribution in [1.29, 1.82) is 0 Å². The molecule has 2 aromatic carbocycles. The van der Waals surface area contributed by atoms with E-state index in [0.29, 0.717) is 34.0 Å². The van der Waals surface area contributed by atoms with Crippen LogP contribution in [0.5, 0.6) is 11.5 Å². The van der Waals surface area contributed by atoms with Gasteiger partial charge in [0.25, 0.3) is 5.91 Å². The zero-order valence-electron chi connectivity index (χ0n) is 15.8. The van der Waals surface area contributed by atoms with Gasteiger partial charge in [0.05, 0.1) is 36.1 Å². The van der Waals surface area contributed by atoms with Gasteiger partial charge in [0, 0.05) is 4.47 Å². The van der Waals surface area contributed by atoms with E-state index in [-0.39, 0.29) is 10.8 Å². The van der Waals surface area contributed by atoms with Crippen molar-refractivity contribution in [2.75, 3.05) is 19.2 Å². The Bertz CT molecular complexity index is 1140. The van der Waals surface area contributed by atoms with E-state index in [0.717, 1.165) is 4.47 Å². The van der Waals surface area contributed by atoms with Crippen LogP contribution >= 0.6 is 15.9 Å². The second-order valence-electron chi connectivity index (χ2n) is 6.13. The fourth-order valence-corrected chi connectivity index (χ4v) is 3.72. The van der Waals surface area contributed by atoms with E-state index in [1.807, 2.05) is 0 Å². The van der Waals surface area contributed by atoms with Gasteiger partial charge in [0.15, 0.2) is 11.5 Å². The molecule has 2 N–H and O–H groups in total. The molecular formula is C19H18BrN3O5S. The topological polar surface area (TPSA) is 111 Å². The summed E-state index contributed by atoms with van der Waals surface area (Å²) in [6.07, 6.45) is 1.70. The number of amides is 1. The first-order valence-corrected chi connectivity index (χ1v) is 10.7. The Morgan fingerprint density at radius 3 is 2.24 bits per heavy atom. The van der Waals surface area contributed by atoms with Crippen LogP contribution in [0.15, 0.2) is 56.4 Å². The SMILES string of the molecule is COc1cc(Br)c(/C=C2\C(=O)N(c3ccc(S(N)(=O)=O)cc3)N=C2C)cc1OC. The molecule has 152 valence electrons. The third kappa shape index (κ3) is 4.19. The second-order valence-corrected chi connectivity index (χ2v) is 8.54. The van der Waals surface area contributed by atoms with Crippen molar-refractivity contribution in [2.24, 2.45) is 10.2 Å². The first-order chi connectivity index (χ1) is 13.7. The monoisotopic (exact) mass is 479 g/mol. The molecule has 0 aliphatic carbocycles. The normalized spacial score (nSPS) is 15.6. The molecule has 0 aromatic heterocycles. The van der Waals surface area contributed by atoms with E-state index < -0.39 is 10.0 Å². The van der Waals surface area contributed by atoms with Crippen LogP contribution in [-0.4, -0.2) is 34.3 Å². The largest absolute Gasteiger partial charge is 0.493 e. The Labute approximate surface area is 176 Å². The van der Waals surface area contributed by atoms with Crippen molar-refractivity contribution >= 4 is 49.3 Å². The average molecular weight is 480 g/mol. The molecule has 1 amide bonds. The summed E-state index contributed by atoms with van der Waals surface area (Å²) in [5.41, 5.74) is 2.06. The highest BCUT2D eigenvalue weighted by Gasteiger charge is 2.29. The molecule has 0 atom stereocenters. The molecular weight excluding hydrogens is 462 g/mol. The van der Waals surface area contributed by atoms with Crippen molar-refractivity contribution < 1.29 is 22.7 Å². The highest BCUT2D eigenvalue weighted by Crippen LogP contribution is 2.35. The summed E-state index contributed by atoms with van der Waals surface area (Å²) in [6.45, 7) is 1.72. The van der Waals surface area contributed by atoms with Gasteiger partial charge in [-0.3, -0.25) is 4.79 Å². The van der Waals surface area contributed by atoms with Crippen molar-refractivity contribution in [3.63, 3.8) is 0 Å². The number of hydrogen-bond acceptors (Lipinski definition) is 6. The molecule has 3 rings (SSSR count). The predicted octanol–water partition coefficient (Wildman–Crippen LogP) is 2.92. The van der Waals surface area contributed by atoms with Crippen LogP contribution in [0.25, 0.3) is 6.08 Å². The summed E-state index contributed by atoms with van der Waals surface area (Å²) in [4.78, 5) is 12.9. The van der Waals surface area contributed by atoms with E-state index in [4.69, 9.17) is 14.6 Å². The number of methoxy groups -OCH3 is 2. The summed E-state index contributed by atoms with van der Waals surface area (Å²) < 4.78 is 34.1. The summed E-state index contributed by atoms with van der Waals surface area (Å²) in [5, 5.41) is 10.6. The molecule has 8 nitrogen and oxygen atoms in total. The number of hydrogen-bond donors (Lipinski definition) is 1. The third-order valence-electron chi connectivity index (χ3n) is 4.28. The van der Waals surface area contributed by atoms with Crippen molar-refractivity contribution in [3.8, 4) is 11.5 Å². The molecule has 29 heavy (non-hydrogen) atoms. The van der Waals surface area contributed by atoms with Gasteiger partial charge in [-0.1, -0.05) is 15.9 Å². The van der Waals surface area contributed by atoms with E-state index in [9.17, 15) is 13.2 Å². The number of carbonyl (C=O) groups is 1.